The quantitative estimate of drug-likeness (QED) is 0.738. The summed E-state index contributed by atoms with van der Waals surface area (Å²) in [5, 5.41) is 5.92. The molecule has 0 aromatic heterocycles. The lowest BCUT2D eigenvalue weighted by atomic mass is 9.98. The van der Waals surface area contributed by atoms with Crippen molar-refractivity contribution < 1.29 is 14.3 Å². The van der Waals surface area contributed by atoms with E-state index < -0.39 is 0 Å². The van der Waals surface area contributed by atoms with Crippen molar-refractivity contribution in [3.8, 4) is 0 Å². The smallest absolute Gasteiger partial charge is 0.311 e. The molecule has 2 rings (SSSR count). The predicted octanol–water partition coefficient (Wildman–Crippen LogP) is 1.17. The van der Waals surface area contributed by atoms with Crippen molar-refractivity contribution in [2.45, 2.75) is 13.3 Å². The zero-order valence-corrected chi connectivity index (χ0v) is 13.5. The second-order valence-electron chi connectivity index (χ2n) is 5.24. The molecule has 1 fully saturated rings. The number of rotatable bonds is 7. The van der Waals surface area contributed by atoms with Crippen LogP contribution in [0, 0.1) is 11.8 Å². The maximum absolute atomic E-state index is 12.0. The topological polar surface area (TPSA) is 67.4 Å². The number of benzene rings is 1. The molecule has 0 spiro atoms. The van der Waals surface area contributed by atoms with E-state index in [1.807, 2.05) is 30.3 Å². The van der Waals surface area contributed by atoms with E-state index in [1.165, 1.54) is 0 Å². The third kappa shape index (κ3) is 5.31. The number of ether oxygens (including phenoxy) is 1. The molecular weight excluding hydrogens is 304 g/mol. The molecule has 1 aromatic carbocycles. The van der Waals surface area contributed by atoms with Gasteiger partial charge in [0.05, 0.1) is 18.4 Å². The molecule has 122 valence electrons. The highest BCUT2D eigenvalue weighted by Gasteiger charge is 2.27. The molecule has 5 nitrogen and oxygen atoms in total. The molecule has 0 bridgehead atoms. The Hall–Kier alpha value is -1.59. The van der Waals surface area contributed by atoms with Gasteiger partial charge in [-0.15, -0.1) is 12.4 Å². The van der Waals surface area contributed by atoms with E-state index in [-0.39, 0.29) is 36.1 Å². The van der Waals surface area contributed by atoms with Gasteiger partial charge >= 0.3 is 5.97 Å². The second-order valence-corrected chi connectivity index (χ2v) is 5.24. The van der Waals surface area contributed by atoms with Gasteiger partial charge in [0.15, 0.2) is 0 Å². The van der Waals surface area contributed by atoms with Crippen molar-refractivity contribution in [1.82, 2.24) is 10.6 Å². The number of nitrogens with one attached hydrogen (secondary N) is 2. The van der Waals surface area contributed by atoms with Gasteiger partial charge in [-0.1, -0.05) is 30.3 Å². The van der Waals surface area contributed by atoms with Crippen molar-refractivity contribution in [2.24, 2.45) is 11.8 Å². The lowest BCUT2D eigenvalue weighted by Gasteiger charge is -2.26. The number of hydrogen-bond acceptors (Lipinski definition) is 4. The molecule has 1 heterocycles. The normalized spacial score (nSPS) is 15.1. The Morgan fingerprint density at radius 2 is 2.00 bits per heavy atom. The van der Waals surface area contributed by atoms with Gasteiger partial charge in [0, 0.05) is 19.6 Å². The summed E-state index contributed by atoms with van der Waals surface area (Å²) < 4.78 is 5.11. The van der Waals surface area contributed by atoms with E-state index in [9.17, 15) is 9.59 Å². The van der Waals surface area contributed by atoms with Gasteiger partial charge < -0.3 is 15.4 Å². The fraction of sp³-hybridized carbons (Fsp3) is 0.500. The number of carbonyl (C=O) groups excluding carboxylic acids is 2. The molecule has 0 radical (unpaired) electrons. The average molecular weight is 327 g/mol. The zero-order valence-electron chi connectivity index (χ0n) is 12.7. The van der Waals surface area contributed by atoms with Gasteiger partial charge in [-0.3, -0.25) is 9.59 Å². The SMILES string of the molecule is CCOC(=O)C(CNC(=O)C1CNC1)Cc1ccccc1.Cl. The number of hydrogen-bond donors (Lipinski definition) is 2. The Kier molecular flexibility index (Phi) is 7.91. The van der Waals surface area contributed by atoms with Crippen LogP contribution in [0.5, 0.6) is 0 Å². The molecule has 0 saturated carbocycles. The van der Waals surface area contributed by atoms with Crippen LogP contribution in [-0.4, -0.2) is 38.1 Å². The number of amides is 1. The molecule has 22 heavy (non-hydrogen) atoms. The lowest BCUT2D eigenvalue weighted by molar-refractivity contribution is -0.148. The highest BCUT2D eigenvalue weighted by molar-refractivity contribution is 5.85. The van der Waals surface area contributed by atoms with Crippen LogP contribution in [0.25, 0.3) is 0 Å². The molecule has 1 aliphatic rings. The van der Waals surface area contributed by atoms with Gasteiger partial charge in [0.1, 0.15) is 0 Å². The first-order valence-electron chi connectivity index (χ1n) is 7.39. The first-order valence-corrected chi connectivity index (χ1v) is 7.39. The number of carbonyl (C=O) groups is 2. The molecule has 1 saturated heterocycles. The molecule has 1 aliphatic heterocycles. The van der Waals surface area contributed by atoms with Gasteiger partial charge in [-0.25, -0.2) is 0 Å². The van der Waals surface area contributed by atoms with Crippen molar-refractivity contribution in [3.05, 3.63) is 35.9 Å². The number of halogens is 1. The van der Waals surface area contributed by atoms with Gasteiger partial charge in [0.2, 0.25) is 5.91 Å². The summed E-state index contributed by atoms with van der Waals surface area (Å²) >= 11 is 0. The van der Waals surface area contributed by atoms with E-state index in [0.29, 0.717) is 32.7 Å². The molecule has 1 atom stereocenters. The predicted molar refractivity (Wildman–Crippen MR) is 86.9 cm³/mol. The van der Waals surface area contributed by atoms with Crippen LogP contribution in [0.2, 0.25) is 0 Å². The summed E-state index contributed by atoms with van der Waals surface area (Å²) in [4.78, 5) is 23.9. The van der Waals surface area contributed by atoms with Crippen LogP contribution >= 0.6 is 12.4 Å². The largest absolute Gasteiger partial charge is 0.466 e. The summed E-state index contributed by atoms with van der Waals surface area (Å²) in [5.74, 6) is -0.557. The highest BCUT2D eigenvalue weighted by Crippen LogP contribution is 2.11. The van der Waals surface area contributed by atoms with Crippen LogP contribution in [0.3, 0.4) is 0 Å². The number of esters is 1. The second kappa shape index (κ2) is 9.43. The highest BCUT2D eigenvalue weighted by atomic mass is 35.5. The Bertz CT molecular complexity index is 478. The molecule has 1 unspecified atom stereocenters. The Balaban J connectivity index is 0.00000242. The summed E-state index contributed by atoms with van der Waals surface area (Å²) in [6.45, 7) is 3.90. The van der Waals surface area contributed by atoms with E-state index >= 15 is 0 Å². The van der Waals surface area contributed by atoms with Gasteiger partial charge in [-0.05, 0) is 18.9 Å². The molecule has 0 aliphatic carbocycles. The van der Waals surface area contributed by atoms with Crippen LogP contribution < -0.4 is 10.6 Å². The van der Waals surface area contributed by atoms with E-state index in [4.69, 9.17) is 4.74 Å². The van der Waals surface area contributed by atoms with Gasteiger partial charge in [-0.2, -0.15) is 0 Å². The monoisotopic (exact) mass is 326 g/mol. The van der Waals surface area contributed by atoms with Crippen LogP contribution in [-0.2, 0) is 20.7 Å². The first-order chi connectivity index (χ1) is 10.2. The molecule has 6 heteroatoms. The molecule has 1 amide bonds. The van der Waals surface area contributed by atoms with Crippen LogP contribution in [0.15, 0.2) is 30.3 Å². The molecule has 1 aromatic rings. The molecule has 2 N–H and O–H groups in total. The summed E-state index contributed by atoms with van der Waals surface area (Å²) in [6.07, 6.45) is 0.572. The fourth-order valence-corrected chi connectivity index (χ4v) is 2.24. The van der Waals surface area contributed by atoms with E-state index in [2.05, 4.69) is 10.6 Å². The maximum Gasteiger partial charge on any atom is 0.311 e. The maximum atomic E-state index is 12.0. The van der Waals surface area contributed by atoms with Crippen LogP contribution in [0.1, 0.15) is 12.5 Å². The third-order valence-corrected chi connectivity index (χ3v) is 3.62. The first kappa shape index (κ1) is 18.5. The minimum atomic E-state index is -0.343. The fourth-order valence-electron chi connectivity index (χ4n) is 2.24. The summed E-state index contributed by atoms with van der Waals surface area (Å²) in [6, 6.07) is 9.77. The Labute approximate surface area is 137 Å². The van der Waals surface area contributed by atoms with Crippen molar-refractivity contribution in [1.29, 1.82) is 0 Å². The van der Waals surface area contributed by atoms with E-state index in [0.717, 1.165) is 5.56 Å². The molecular formula is C16H23ClN2O3. The lowest BCUT2D eigenvalue weighted by Crippen LogP contribution is -2.51. The Morgan fingerprint density at radius 3 is 2.55 bits per heavy atom. The summed E-state index contributed by atoms with van der Waals surface area (Å²) in [5.41, 5.74) is 1.06. The standard InChI is InChI=1S/C16H22N2O3.ClH/c1-2-21-16(20)13(8-12-6-4-3-5-7-12)11-18-15(19)14-9-17-10-14;/h3-7,13-14,17H,2,8-11H2,1H3,(H,18,19);1H. The van der Waals surface area contributed by atoms with Crippen molar-refractivity contribution in [2.75, 3.05) is 26.2 Å². The third-order valence-electron chi connectivity index (χ3n) is 3.62. The minimum absolute atomic E-state index is 0. The van der Waals surface area contributed by atoms with Crippen LogP contribution in [0.4, 0.5) is 0 Å². The van der Waals surface area contributed by atoms with Crippen molar-refractivity contribution in [3.63, 3.8) is 0 Å². The average Bonchev–Trinajstić information content (AvgIpc) is 2.43. The minimum Gasteiger partial charge on any atom is -0.466 e. The summed E-state index contributed by atoms with van der Waals surface area (Å²) in [7, 11) is 0. The van der Waals surface area contributed by atoms with Gasteiger partial charge in [0.25, 0.3) is 0 Å². The zero-order chi connectivity index (χ0) is 15.1. The Morgan fingerprint density at radius 1 is 1.32 bits per heavy atom. The van der Waals surface area contributed by atoms with E-state index in [1.54, 1.807) is 6.92 Å². The van der Waals surface area contributed by atoms with Crippen molar-refractivity contribution >= 4 is 24.3 Å².